The molecule has 1 aliphatic carbocycles. The number of nitrogens with zero attached hydrogens (tertiary/aromatic N) is 4. The molecule has 3 aliphatic rings. The first-order valence-corrected chi connectivity index (χ1v) is 14.0. The monoisotopic (exact) mass is 488 g/mol. The molecular weight excluding hydrogens is 448 g/mol. The summed E-state index contributed by atoms with van der Waals surface area (Å²) in [7, 11) is 0. The van der Waals surface area contributed by atoms with Gasteiger partial charge in [0.2, 0.25) is 11.9 Å². The summed E-state index contributed by atoms with van der Waals surface area (Å²) in [6.45, 7) is 6.74. The minimum absolute atomic E-state index is 0.170. The Kier molecular flexibility index (Phi) is 8.19. The Balaban J connectivity index is 1.06. The molecule has 0 bridgehead atoms. The van der Waals surface area contributed by atoms with E-state index >= 15 is 0 Å². The molecule has 1 atom stereocenters. The predicted molar refractivity (Wildman–Crippen MR) is 144 cm³/mol. The van der Waals surface area contributed by atoms with Crippen LogP contribution in [0.4, 0.5) is 5.95 Å². The standard InChI is InChI=1S/C30H40N4O2/c1-2-23-20-31-30(32-21-23)34-18-14-24(15-19-34)22-36-28-12-10-26(11-13-28)25-6-8-27(9-7-25)29(35)33-16-4-3-5-17-33/h6,10-13,20-21,24,27H,2-5,7-9,14-19,22H2,1H3/t27-/m1/s1. The molecule has 0 unspecified atom stereocenters. The number of hydrogen-bond donors (Lipinski definition) is 0. The van der Waals surface area contributed by atoms with Gasteiger partial charge in [-0.25, -0.2) is 9.97 Å². The SMILES string of the molecule is CCc1cnc(N2CCC(COc3ccc(C4=CC[C@@H](C(=O)N5CCCCC5)CC4)cc3)CC2)nc1. The predicted octanol–water partition coefficient (Wildman–Crippen LogP) is 5.53. The number of hydrogen-bond acceptors (Lipinski definition) is 5. The first-order valence-electron chi connectivity index (χ1n) is 14.0. The third kappa shape index (κ3) is 6.08. The van der Waals surface area contributed by atoms with Gasteiger partial charge >= 0.3 is 0 Å². The third-order valence-corrected chi connectivity index (χ3v) is 8.14. The van der Waals surface area contributed by atoms with E-state index < -0.39 is 0 Å². The highest BCUT2D eigenvalue weighted by Gasteiger charge is 2.27. The van der Waals surface area contributed by atoms with Crippen molar-refractivity contribution in [3.05, 3.63) is 53.9 Å². The van der Waals surface area contributed by atoms with Crippen LogP contribution in [0, 0.1) is 11.8 Å². The first kappa shape index (κ1) is 24.8. The lowest BCUT2D eigenvalue weighted by Crippen LogP contribution is -2.40. The lowest BCUT2D eigenvalue weighted by molar-refractivity contribution is -0.136. The number of amides is 1. The molecule has 36 heavy (non-hydrogen) atoms. The van der Waals surface area contributed by atoms with Crippen LogP contribution in [0.5, 0.6) is 5.75 Å². The van der Waals surface area contributed by atoms with E-state index in [9.17, 15) is 4.79 Å². The Morgan fingerprint density at radius 2 is 1.69 bits per heavy atom. The summed E-state index contributed by atoms with van der Waals surface area (Å²) in [5.74, 6) is 2.89. The number of anilines is 1. The first-order chi connectivity index (χ1) is 17.7. The lowest BCUT2D eigenvalue weighted by Gasteiger charge is -2.32. The maximum atomic E-state index is 12.8. The van der Waals surface area contributed by atoms with E-state index in [0.29, 0.717) is 11.8 Å². The van der Waals surface area contributed by atoms with Crippen LogP contribution in [0.25, 0.3) is 5.57 Å². The van der Waals surface area contributed by atoms with Gasteiger partial charge in [0.15, 0.2) is 0 Å². The summed E-state index contributed by atoms with van der Waals surface area (Å²) in [5.41, 5.74) is 3.81. The number of aryl methyl sites for hydroxylation is 1. The molecule has 1 aromatic carbocycles. The van der Waals surface area contributed by atoms with E-state index in [1.54, 1.807) is 0 Å². The number of benzene rings is 1. The summed E-state index contributed by atoms with van der Waals surface area (Å²) in [6.07, 6.45) is 15.7. The number of allylic oxidation sites excluding steroid dienone is 2. The van der Waals surface area contributed by atoms with E-state index in [4.69, 9.17) is 4.74 Å². The molecule has 1 amide bonds. The highest BCUT2D eigenvalue weighted by Crippen LogP contribution is 2.32. The average molecular weight is 489 g/mol. The second-order valence-corrected chi connectivity index (χ2v) is 10.6. The van der Waals surface area contributed by atoms with E-state index in [1.165, 1.54) is 23.1 Å². The molecule has 2 fully saturated rings. The average Bonchev–Trinajstić information content (AvgIpc) is 2.97. The van der Waals surface area contributed by atoms with Crippen molar-refractivity contribution in [2.45, 2.75) is 64.7 Å². The van der Waals surface area contributed by atoms with Gasteiger partial charge in [-0.2, -0.15) is 0 Å². The quantitative estimate of drug-likeness (QED) is 0.513. The van der Waals surface area contributed by atoms with Gasteiger partial charge in [-0.15, -0.1) is 0 Å². The molecule has 2 aliphatic heterocycles. The number of carbonyl (C=O) groups excluding carboxylic acids is 1. The second-order valence-electron chi connectivity index (χ2n) is 10.6. The Morgan fingerprint density at radius 1 is 0.972 bits per heavy atom. The topological polar surface area (TPSA) is 58.6 Å². The summed E-state index contributed by atoms with van der Waals surface area (Å²) in [6, 6.07) is 8.54. The Morgan fingerprint density at radius 3 is 2.33 bits per heavy atom. The van der Waals surface area contributed by atoms with Crippen molar-refractivity contribution >= 4 is 17.4 Å². The summed E-state index contributed by atoms with van der Waals surface area (Å²) < 4.78 is 6.16. The summed E-state index contributed by atoms with van der Waals surface area (Å²) in [4.78, 5) is 26.3. The van der Waals surface area contributed by atoms with Crippen molar-refractivity contribution in [3.63, 3.8) is 0 Å². The smallest absolute Gasteiger partial charge is 0.226 e. The fourth-order valence-corrected chi connectivity index (χ4v) is 5.67. The van der Waals surface area contributed by atoms with Gasteiger partial charge in [-0.05, 0) is 92.5 Å². The number of ether oxygens (including phenoxy) is 1. The van der Waals surface area contributed by atoms with Crippen molar-refractivity contribution in [1.29, 1.82) is 0 Å². The van der Waals surface area contributed by atoms with Crippen LogP contribution < -0.4 is 9.64 Å². The van der Waals surface area contributed by atoms with Crippen LogP contribution >= 0.6 is 0 Å². The highest BCUT2D eigenvalue weighted by molar-refractivity contribution is 5.80. The zero-order valence-corrected chi connectivity index (χ0v) is 21.7. The zero-order valence-electron chi connectivity index (χ0n) is 21.7. The molecule has 192 valence electrons. The van der Waals surface area contributed by atoms with Crippen molar-refractivity contribution in [2.24, 2.45) is 11.8 Å². The number of piperidine rings is 2. The van der Waals surface area contributed by atoms with Gasteiger partial charge in [-0.1, -0.05) is 25.1 Å². The third-order valence-electron chi connectivity index (χ3n) is 8.14. The molecule has 6 nitrogen and oxygen atoms in total. The Hall–Kier alpha value is -2.89. The summed E-state index contributed by atoms with van der Waals surface area (Å²) in [5, 5.41) is 0. The van der Waals surface area contributed by atoms with Gasteiger partial charge < -0.3 is 14.5 Å². The van der Waals surface area contributed by atoms with Crippen molar-refractivity contribution in [3.8, 4) is 5.75 Å². The van der Waals surface area contributed by atoms with Gasteiger partial charge in [0.1, 0.15) is 5.75 Å². The molecular formula is C30H40N4O2. The summed E-state index contributed by atoms with van der Waals surface area (Å²) >= 11 is 0. The van der Waals surface area contributed by atoms with Crippen molar-refractivity contribution in [1.82, 2.24) is 14.9 Å². The van der Waals surface area contributed by atoms with Gasteiger partial charge in [0, 0.05) is 44.5 Å². The highest BCUT2D eigenvalue weighted by atomic mass is 16.5. The maximum Gasteiger partial charge on any atom is 0.226 e. The fraction of sp³-hybridized carbons (Fsp3) is 0.567. The largest absolute Gasteiger partial charge is 0.493 e. The van der Waals surface area contributed by atoms with Crippen molar-refractivity contribution < 1.29 is 9.53 Å². The van der Waals surface area contributed by atoms with Crippen LogP contribution in [-0.2, 0) is 11.2 Å². The van der Waals surface area contributed by atoms with Gasteiger partial charge in [0.05, 0.1) is 6.61 Å². The van der Waals surface area contributed by atoms with Gasteiger partial charge in [-0.3, -0.25) is 4.79 Å². The Bertz CT molecular complexity index is 1020. The molecule has 3 heterocycles. The molecule has 5 rings (SSSR count). The second kappa shape index (κ2) is 11.9. The number of aromatic nitrogens is 2. The zero-order chi connectivity index (χ0) is 24.7. The minimum atomic E-state index is 0.170. The maximum absolute atomic E-state index is 12.8. The van der Waals surface area contributed by atoms with Gasteiger partial charge in [0.25, 0.3) is 0 Å². The molecule has 2 aromatic rings. The molecule has 0 saturated carbocycles. The Labute approximate surface area is 215 Å². The van der Waals surface area contributed by atoms with E-state index in [1.807, 2.05) is 12.4 Å². The molecule has 0 spiro atoms. The number of rotatable bonds is 7. The molecule has 2 saturated heterocycles. The lowest BCUT2D eigenvalue weighted by atomic mass is 9.85. The van der Waals surface area contributed by atoms with Crippen LogP contribution in [0.1, 0.15) is 69.4 Å². The fourth-order valence-electron chi connectivity index (χ4n) is 5.67. The number of carbonyl (C=O) groups is 1. The number of likely N-dealkylation sites (tertiary alicyclic amines) is 1. The van der Waals surface area contributed by atoms with Crippen LogP contribution in [0.3, 0.4) is 0 Å². The van der Waals surface area contributed by atoms with Crippen LogP contribution in [0.2, 0.25) is 0 Å². The van der Waals surface area contributed by atoms with E-state index in [2.05, 4.69) is 57.0 Å². The minimum Gasteiger partial charge on any atom is -0.493 e. The molecule has 0 radical (unpaired) electrons. The van der Waals surface area contributed by atoms with E-state index in [-0.39, 0.29) is 5.92 Å². The normalized spacial score (nSPS) is 21.2. The molecule has 1 aromatic heterocycles. The van der Waals surface area contributed by atoms with Crippen LogP contribution in [-0.4, -0.2) is 53.6 Å². The van der Waals surface area contributed by atoms with Crippen molar-refractivity contribution in [2.75, 3.05) is 37.7 Å². The van der Waals surface area contributed by atoms with Crippen LogP contribution in [0.15, 0.2) is 42.7 Å². The van der Waals surface area contributed by atoms with E-state index in [0.717, 1.165) is 95.9 Å². The molecule has 0 N–H and O–H groups in total. The molecule has 6 heteroatoms.